The van der Waals surface area contributed by atoms with Crippen LogP contribution < -0.4 is 11.1 Å². The van der Waals surface area contributed by atoms with Gasteiger partial charge in [0.1, 0.15) is 6.04 Å². The fraction of sp³-hybridized carbons (Fsp3) is 0.333. The molecular weight excluding hydrogens is 210 g/mol. The Balaban J connectivity index is 2.09. The number of carbonyl (C=O) groups excluding carboxylic acids is 2. The monoisotopic (exact) mass is 221 g/mol. The number of nitrogens with two attached hydrogens (primary N) is 1. The number of rotatable bonds is 2. The summed E-state index contributed by atoms with van der Waals surface area (Å²) in [6.45, 7) is 0. The molecule has 7 heteroatoms. The molecule has 0 bridgehead atoms. The van der Waals surface area contributed by atoms with Crippen molar-refractivity contribution in [1.29, 1.82) is 0 Å². The molecule has 1 fully saturated rings. The molecule has 0 spiro atoms. The lowest BCUT2D eigenvalue weighted by Crippen LogP contribution is -2.32. The lowest BCUT2D eigenvalue weighted by atomic mass is 10.2. The fourth-order valence-corrected chi connectivity index (χ4v) is 1.44. The second-order valence-electron chi connectivity index (χ2n) is 3.53. The summed E-state index contributed by atoms with van der Waals surface area (Å²) in [6, 6.07) is -0.582. The van der Waals surface area contributed by atoms with Crippen molar-refractivity contribution < 1.29 is 9.59 Å². The zero-order valence-corrected chi connectivity index (χ0v) is 8.67. The number of anilines is 2. The maximum Gasteiger partial charge on any atom is 0.252 e. The summed E-state index contributed by atoms with van der Waals surface area (Å²) in [7, 11) is 1.45. The van der Waals surface area contributed by atoms with Crippen LogP contribution in [-0.2, 0) is 9.59 Å². The van der Waals surface area contributed by atoms with E-state index >= 15 is 0 Å². The zero-order chi connectivity index (χ0) is 11.7. The van der Waals surface area contributed by atoms with Gasteiger partial charge in [-0.2, -0.15) is 0 Å². The van der Waals surface area contributed by atoms with Crippen molar-refractivity contribution in [3.8, 4) is 0 Å². The standard InChI is InChI=1S/C9H11N5O2/c1-14-7(15)2-6(8(14)16)13-9-11-3-5(10)4-12-9/h3-4,6H,2,10H2,1H3,(H,11,12,13). The maximum atomic E-state index is 11.5. The van der Waals surface area contributed by atoms with E-state index in [0.717, 1.165) is 4.90 Å². The number of nitrogens with one attached hydrogen (secondary N) is 1. The quantitative estimate of drug-likeness (QED) is 0.636. The lowest BCUT2D eigenvalue weighted by molar-refractivity contribution is -0.136. The first-order chi connectivity index (χ1) is 7.58. The van der Waals surface area contributed by atoms with E-state index in [9.17, 15) is 9.59 Å². The Kier molecular flexibility index (Phi) is 2.43. The summed E-state index contributed by atoms with van der Waals surface area (Å²) in [5.41, 5.74) is 5.87. The Morgan fingerprint density at radius 1 is 1.44 bits per heavy atom. The van der Waals surface area contributed by atoms with Gasteiger partial charge in [0.05, 0.1) is 24.5 Å². The third-order valence-corrected chi connectivity index (χ3v) is 2.36. The van der Waals surface area contributed by atoms with Crippen LogP contribution in [0.25, 0.3) is 0 Å². The largest absolute Gasteiger partial charge is 0.396 e. The fourth-order valence-electron chi connectivity index (χ4n) is 1.44. The predicted octanol–water partition coefficient (Wildman–Crippen LogP) is -0.772. The first-order valence-corrected chi connectivity index (χ1v) is 4.72. The molecule has 1 saturated heterocycles. The molecule has 0 saturated carbocycles. The highest BCUT2D eigenvalue weighted by atomic mass is 16.2. The Bertz CT molecular complexity index is 430. The smallest absolute Gasteiger partial charge is 0.252 e. The van der Waals surface area contributed by atoms with Gasteiger partial charge in [-0.3, -0.25) is 14.5 Å². The molecule has 1 unspecified atom stereocenters. The van der Waals surface area contributed by atoms with Gasteiger partial charge >= 0.3 is 0 Å². The molecule has 1 aromatic heterocycles. The van der Waals surface area contributed by atoms with Crippen molar-refractivity contribution in [2.75, 3.05) is 18.1 Å². The summed E-state index contributed by atoms with van der Waals surface area (Å²) < 4.78 is 0. The Morgan fingerprint density at radius 3 is 2.56 bits per heavy atom. The van der Waals surface area contributed by atoms with E-state index in [1.54, 1.807) is 0 Å². The molecule has 2 rings (SSSR count). The number of hydrogen-bond donors (Lipinski definition) is 2. The molecule has 1 aliphatic heterocycles. The Labute approximate surface area is 91.7 Å². The molecule has 3 N–H and O–H groups in total. The summed E-state index contributed by atoms with van der Waals surface area (Å²) in [4.78, 5) is 31.7. The van der Waals surface area contributed by atoms with Gasteiger partial charge in [0.2, 0.25) is 11.9 Å². The number of hydrogen-bond acceptors (Lipinski definition) is 6. The van der Waals surface area contributed by atoms with Crippen LogP contribution in [0.15, 0.2) is 12.4 Å². The number of likely N-dealkylation sites (tertiary alicyclic amines) is 1. The van der Waals surface area contributed by atoms with Gasteiger partial charge in [-0.05, 0) is 0 Å². The van der Waals surface area contributed by atoms with E-state index in [1.165, 1.54) is 19.4 Å². The molecule has 7 nitrogen and oxygen atoms in total. The van der Waals surface area contributed by atoms with E-state index in [4.69, 9.17) is 5.73 Å². The number of aromatic nitrogens is 2. The zero-order valence-electron chi connectivity index (χ0n) is 8.67. The van der Waals surface area contributed by atoms with Crippen molar-refractivity contribution in [3.63, 3.8) is 0 Å². The minimum Gasteiger partial charge on any atom is -0.396 e. The predicted molar refractivity (Wildman–Crippen MR) is 56.2 cm³/mol. The van der Waals surface area contributed by atoms with Crippen molar-refractivity contribution in [1.82, 2.24) is 14.9 Å². The summed E-state index contributed by atoms with van der Waals surface area (Å²) in [5, 5.41) is 2.79. The van der Waals surface area contributed by atoms with E-state index in [0.29, 0.717) is 5.69 Å². The van der Waals surface area contributed by atoms with E-state index in [-0.39, 0.29) is 24.2 Å². The lowest BCUT2D eigenvalue weighted by Gasteiger charge is -2.10. The summed E-state index contributed by atoms with van der Waals surface area (Å²) in [6.07, 6.45) is 2.99. The maximum absolute atomic E-state index is 11.5. The molecule has 0 aromatic carbocycles. The summed E-state index contributed by atoms with van der Waals surface area (Å²) >= 11 is 0. The van der Waals surface area contributed by atoms with Crippen LogP contribution in [0.3, 0.4) is 0 Å². The van der Waals surface area contributed by atoms with E-state index in [1.807, 2.05) is 0 Å². The van der Waals surface area contributed by atoms with Crippen LogP contribution >= 0.6 is 0 Å². The second kappa shape index (κ2) is 3.76. The average molecular weight is 221 g/mol. The number of imide groups is 1. The van der Waals surface area contributed by atoms with Gasteiger partial charge in [-0.1, -0.05) is 0 Å². The highest BCUT2D eigenvalue weighted by Crippen LogP contribution is 2.14. The van der Waals surface area contributed by atoms with Crippen LogP contribution in [0.5, 0.6) is 0 Å². The van der Waals surface area contributed by atoms with Crippen LogP contribution in [-0.4, -0.2) is 39.8 Å². The Morgan fingerprint density at radius 2 is 2.06 bits per heavy atom. The number of likely N-dealkylation sites (N-methyl/N-ethyl adjacent to an activating group) is 1. The highest BCUT2D eigenvalue weighted by Gasteiger charge is 2.36. The normalized spacial score (nSPS) is 20.3. The molecule has 2 heterocycles. The van der Waals surface area contributed by atoms with Crippen molar-refractivity contribution in [3.05, 3.63) is 12.4 Å². The molecule has 0 radical (unpaired) electrons. The van der Waals surface area contributed by atoms with Gasteiger partial charge < -0.3 is 11.1 Å². The number of carbonyl (C=O) groups is 2. The molecule has 84 valence electrons. The van der Waals surface area contributed by atoms with E-state index < -0.39 is 6.04 Å². The summed E-state index contributed by atoms with van der Waals surface area (Å²) in [5.74, 6) is -0.195. The van der Waals surface area contributed by atoms with Gasteiger partial charge in [0, 0.05) is 7.05 Å². The van der Waals surface area contributed by atoms with Gasteiger partial charge in [-0.15, -0.1) is 0 Å². The molecule has 1 aliphatic rings. The van der Waals surface area contributed by atoms with Gasteiger partial charge in [0.15, 0.2) is 0 Å². The molecule has 2 amide bonds. The van der Waals surface area contributed by atoms with Gasteiger partial charge in [-0.25, -0.2) is 9.97 Å². The van der Waals surface area contributed by atoms with Crippen LogP contribution in [0.4, 0.5) is 11.6 Å². The highest BCUT2D eigenvalue weighted by molar-refractivity contribution is 6.06. The second-order valence-corrected chi connectivity index (χ2v) is 3.53. The topological polar surface area (TPSA) is 101 Å². The molecule has 0 aliphatic carbocycles. The number of amides is 2. The van der Waals surface area contributed by atoms with Crippen LogP contribution in [0.2, 0.25) is 0 Å². The third kappa shape index (κ3) is 1.79. The van der Waals surface area contributed by atoms with Crippen LogP contribution in [0, 0.1) is 0 Å². The number of nitrogens with zero attached hydrogens (tertiary/aromatic N) is 3. The van der Waals surface area contributed by atoms with Gasteiger partial charge in [0.25, 0.3) is 5.91 Å². The Hall–Kier alpha value is -2.18. The SMILES string of the molecule is CN1C(=O)CC(Nc2ncc(N)cn2)C1=O. The number of nitrogen functional groups attached to an aromatic ring is 1. The van der Waals surface area contributed by atoms with Crippen molar-refractivity contribution in [2.24, 2.45) is 0 Å². The first kappa shape index (κ1) is 10.3. The molecule has 16 heavy (non-hydrogen) atoms. The van der Waals surface area contributed by atoms with Crippen LogP contribution in [0.1, 0.15) is 6.42 Å². The van der Waals surface area contributed by atoms with E-state index in [2.05, 4.69) is 15.3 Å². The van der Waals surface area contributed by atoms with Crippen molar-refractivity contribution in [2.45, 2.75) is 12.5 Å². The molecular formula is C9H11N5O2. The minimum atomic E-state index is -0.582. The first-order valence-electron chi connectivity index (χ1n) is 4.72. The average Bonchev–Trinajstić information content (AvgIpc) is 2.50. The minimum absolute atomic E-state index is 0.128. The van der Waals surface area contributed by atoms with Crippen molar-refractivity contribution >= 4 is 23.5 Å². The molecule has 1 atom stereocenters. The third-order valence-electron chi connectivity index (χ3n) is 2.36. The molecule has 1 aromatic rings.